The number of fused-ring (bicyclic) bond motifs is 1. The lowest BCUT2D eigenvalue weighted by atomic mass is 10.1. The Morgan fingerprint density at radius 1 is 1.12 bits per heavy atom. The van der Waals surface area contributed by atoms with Crippen molar-refractivity contribution in [2.45, 2.75) is 25.9 Å². The van der Waals surface area contributed by atoms with Crippen molar-refractivity contribution in [2.24, 2.45) is 0 Å². The maximum atomic E-state index is 11.7. The molecule has 0 saturated heterocycles. The number of hydrogen-bond donors (Lipinski definition) is 2. The summed E-state index contributed by atoms with van der Waals surface area (Å²) in [5.41, 5.74) is 2.89. The molecule has 25 heavy (non-hydrogen) atoms. The number of carbonyl (C=O) groups excluding carboxylic acids is 1. The lowest BCUT2D eigenvalue weighted by Gasteiger charge is -2.17. The number of ether oxygens (including phenoxy) is 2. The van der Waals surface area contributed by atoms with Gasteiger partial charge >= 0.3 is 0 Å². The molecular formula is C20H24N2O3. The number of hydrogen-bond acceptors (Lipinski definition) is 4. The van der Waals surface area contributed by atoms with Gasteiger partial charge in [0.15, 0.2) is 11.5 Å². The number of rotatable bonds is 5. The van der Waals surface area contributed by atoms with E-state index in [1.54, 1.807) is 7.05 Å². The summed E-state index contributed by atoms with van der Waals surface area (Å²) < 4.78 is 11.4. The zero-order valence-corrected chi connectivity index (χ0v) is 14.7. The summed E-state index contributed by atoms with van der Waals surface area (Å²) in [5.74, 6) is 1.55. The highest BCUT2D eigenvalue weighted by atomic mass is 16.5. The van der Waals surface area contributed by atoms with Gasteiger partial charge in [0.05, 0.1) is 13.2 Å². The van der Waals surface area contributed by atoms with E-state index < -0.39 is 0 Å². The van der Waals surface area contributed by atoms with Crippen molar-refractivity contribution in [3.05, 3.63) is 59.2 Å². The van der Waals surface area contributed by atoms with Gasteiger partial charge in [-0.2, -0.15) is 0 Å². The largest absolute Gasteiger partial charge is 0.490 e. The molecule has 0 spiro atoms. The summed E-state index contributed by atoms with van der Waals surface area (Å²) in [6.45, 7) is 4.18. The number of nitrogens with one attached hydrogen (secondary N) is 2. The Morgan fingerprint density at radius 3 is 2.72 bits per heavy atom. The molecule has 1 aliphatic rings. The number of amides is 1. The van der Waals surface area contributed by atoms with Crippen LogP contribution in [-0.2, 0) is 6.54 Å². The van der Waals surface area contributed by atoms with E-state index in [0.29, 0.717) is 25.3 Å². The molecule has 0 aromatic heterocycles. The smallest absolute Gasteiger partial charge is 0.251 e. The van der Waals surface area contributed by atoms with Crippen LogP contribution in [0.25, 0.3) is 0 Å². The Hall–Kier alpha value is -2.53. The van der Waals surface area contributed by atoms with Crippen LogP contribution in [0.3, 0.4) is 0 Å². The van der Waals surface area contributed by atoms with Crippen molar-refractivity contribution in [1.82, 2.24) is 10.6 Å². The van der Waals surface area contributed by atoms with Crippen LogP contribution in [0, 0.1) is 0 Å². The quantitative estimate of drug-likeness (QED) is 0.878. The molecule has 132 valence electrons. The lowest BCUT2D eigenvalue weighted by Crippen LogP contribution is -2.20. The predicted molar refractivity (Wildman–Crippen MR) is 97.1 cm³/mol. The molecular weight excluding hydrogens is 316 g/mol. The van der Waals surface area contributed by atoms with Gasteiger partial charge in [0.2, 0.25) is 0 Å². The Balaban J connectivity index is 1.66. The molecule has 1 atom stereocenters. The van der Waals surface area contributed by atoms with Gasteiger partial charge in [-0.3, -0.25) is 4.79 Å². The monoisotopic (exact) mass is 340 g/mol. The SMILES string of the molecule is CNC(=O)c1cccc(CNC(C)c2ccc3c(c2)OCCCO3)c1. The summed E-state index contributed by atoms with van der Waals surface area (Å²) in [4.78, 5) is 11.7. The van der Waals surface area contributed by atoms with Crippen LogP contribution in [-0.4, -0.2) is 26.2 Å². The molecule has 0 saturated carbocycles. The van der Waals surface area contributed by atoms with E-state index in [0.717, 1.165) is 29.0 Å². The van der Waals surface area contributed by atoms with E-state index in [2.05, 4.69) is 23.6 Å². The maximum absolute atomic E-state index is 11.7. The Bertz CT molecular complexity index is 745. The van der Waals surface area contributed by atoms with Gasteiger partial charge in [-0.1, -0.05) is 18.2 Å². The fourth-order valence-corrected chi connectivity index (χ4v) is 2.80. The van der Waals surface area contributed by atoms with Gasteiger partial charge in [-0.25, -0.2) is 0 Å². The van der Waals surface area contributed by atoms with Crippen LogP contribution in [0.4, 0.5) is 0 Å². The standard InChI is InChI=1S/C20H24N2O3/c1-14(16-7-8-18-19(12-16)25-10-4-9-24-18)22-13-15-5-3-6-17(11-15)20(23)21-2/h3,5-8,11-12,14,22H,4,9-10,13H2,1-2H3,(H,21,23). The molecule has 3 rings (SSSR count). The molecule has 0 bridgehead atoms. The third kappa shape index (κ3) is 4.31. The Kier molecular flexibility index (Phi) is 5.56. The topological polar surface area (TPSA) is 59.6 Å². The minimum absolute atomic E-state index is 0.0715. The fraction of sp³-hybridized carbons (Fsp3) is 0.350. The van der Waals surface area contributed by atoms with Gasteiger partial charge < -0.3 is 20.1 Å². The first-order valence-electron chi connectivity index (χ1n) is 8.61. The van der Waals surface area contributed by atoms with Gasteiger partial charge in [-0.05, 0) is 42.3 Å². The highest BCUT2D eigenvalue weighted by Crippen LogP contribution is 2.32. The van der Waals surface area contributed by atoms with Gasteiger partial charge in [0.25, 0.3) is 5.91 Å². The zero-order chi connectivity index (χ0) is 17.6. The van der Waals surface area contributed by atoms with Crippen LogP contribution >= 0.6 is 0 Å². The summed E-state index contributed by atoms with van der Waals surface area (Å²) >= 11 is 0. The Labute approximate surface area is 148 Å². The fourth-order valence-electron chi connectivity index (χ4n) is 2.80. The molecule has 2 aromatic rings. The van der Waals surface area contributed by atoms with Crippen LogP contribution in [0.5, 0.6) is 11.5 Å². The molecule has 0 radical (unpaired) electrons. The van der Waals surface area contributed by atoms with E-state index in [1.165, 1.54) is 0 Å². The highest BCUT2D eigenvalue weighted by Gasteiger charge is 2.13. The normalized spacial score (nSPS) is 14.5. The van der Waals surface area contributed by atoms with E-state index in [-0.39, 0.29) is 11.9 Å². The first-order valence-corrected chi connectivity index (χ1v) is 8.61. The summed E-state index contributed by atoms with van der Waals surface area (Å²) in [7, 11) is 1.64. The van der Waals surface area contributed by atoms with Crippen LogP contribution < -0.4 is 20.1 Å². The van der Waals surface area contributed by atoms with E-state index in [1.807, 2.05) is 36.4 Å². The molecule has 5 nitrogen and oxygen atoms in total. The van der Waals surface area contributed by atoms with Crippen LogP contribution in [0.1, 0.15) is 40.9 Å². The average Bonchev–Trinajstić information content (AvgIpc) is 2.90. The second-order valence-electron chi connectivity index (χ2n) is 6.14. The Morgan fingerprint density at radius 2 is 1.92 bits per heavy atom. The van der Waals surface area contributed by atoms with Crippen LogP contribution in [0.15, 0.2) is 42.5 Å². The van der Waals surface area contributed by atoms with Crippen LogP contribution in [0.2, 0.25) is 0 Å². The van der Waals surface area contributed by atoms with Gasteiger partial charge in [-0.15, -0.1) is 0 Å². The molecule has 0 aliphatic carbocycles. The zero-order valence-electron chi connectivity index (χ0n) is 14.7. The molecule has 0 fully saturated rings. The minimum atomic E-state index is -0.0715. The molecule has 1 heterocycles. The minimum Gasteiger partial charge on any atom is -0.490 e. The predicted octanol–water partition coefficient (Wildman–Crippen LogP) is 3.06. The van der Waals surface area contributed by atoms with Gasteiger partial charge in [0, 0.05) is 31.6 Å². The molecule has 1 unspecified atom stereocenters. The van der Waals surface area contributed by atoms with Crippen molar-refractivity contribution in [1.29, 1.82) is 0 Å². The molecule has 2 aromatic carbocycles. The van der Waals surface area contributed by atoms with E-state index in [4.69, 9.17) is 9.47 Å². The van der Waals surface area contributed by atoms with Crippen molar-refractivity contribution >= 4 is 5.91 Å². The van der Waals surface area contributed by atoms with Crippen molar-refractivity contribution < 1.29 is 14.3 Å². The second kappa shape index (κ2) is 8.03. The third-order valence-corrected chi connectivity index (χ3v) is 4.30. The van der Waals surface area contributed by atoms with Gasteiger partial charge in [0.1, 0.15) is 0 Å². The summed E-state index contributed by atoms with van der Waals surface area (Å²) in [6, 6.07) is 13.9. The first kappa shape index (κ1) is 17.3. The number of benzene rings is 2. The van der Waals surface area contributed by atoms with E-state index >= 15 is 0 Å². The van der Waals surface area contributed by atoms with E-state index in [9.17, 15) is 4.79 Å². The van der Waals surface area contributed by atoms with Crippen molar-refractivity contribution in [3.63, 3.8) is 0 Å². The van der Waals surface area contributed by atoms with Crippen molar-refractivity contribution in [2.75, 3.05) is 20.3 Å². The first-order chi connectivity index (χ1) is 12.2. The van der Waals surface area contributed by atoms with Crippen molar-refractivity contribution in [3.8, 4) is 11.5 Å². The molecule has 1 amide bonds. The highest BCUT2D eigenvalue weighted by molar-refractivity contribution is 5.94. The molecule has 1 aliphatic heterocycles. The number of carbonyl (C=O) groups is 1. The summed E-state index contributed by atoms with van der Waals surface area (Å²) in [5, 5.41) is 6.14. The third-order valence-electron chi connectivity index (χ3n) is 4.30. The second-order valence-corrected chi connectivity index (χ2v) is 6.14. The maximum Gasteiger partial charge on any atom is 0.251 e. The molecule has 2 N–H and O–H groups in total. The average molecular weight is 340 g/mol. The summed E-state index contributed by atoms with van der Waals surface area (Å²) in [6.07, 6.45) is 0.902. The lowest BCUT2D eigenvalue weighted by molar-refractivity contribution is 0.0963. The molecule has 5 heteroatoms.